The molecule has 0 unspecified atom stereocenters. The number of Topliss-reactive ketones (excluding diaryl/α,β-unsaturated/α-hetero) is 1. The van der Waals surface area contributed by atoms with E-state index in [4.69, 9.17) is 14.2 Å². The van der Waals surface area contributed by atoms with Crippen LogP contribution in [0.25, 0.3) is 0 Å². The predicted octanol–water partition coefficient (Wildman–Crippen LogP) is 2.57. The zero-order valence-electron chi connectivity index (χ0n) is 17.0. The fourth-order valence-corrected chi connectivity index (χ4v) is 1.70. The summed E-state index contributed by atoms with van der Waals surface area (Å²) in [6, 6.07) is 0. The lowest BCUT2D eigenvalue weighted by molar-refractivity contribution is -0.162. The largest absolute Gasteiger partial charge is 0.464 e. The first-order valence-corrected chi connectivity index (χ1v) is 8.25. The van der Waals surface area contributed by atoms with E-state index in [0.717, 1.165) is 13.8 Å². The van der Waals surface area contributed by atoms with Crippen LogP contribution in [0.1, 0.15) is 62.3 Å². The predicted molar refractivity (Wildman–Crippen MR) is 93.2 cm³/mol. The molecule has 150 valence electrons. The minimum atomic E-state index is -2.13. The van der Waals surface area contributed by atoms with E-state index in [1.54, 1.807) is 48.5 Å². The van der Waals surface area contributed by atoms with E-state index in [0.29, 0.717) is 5.01 Å². The number of nitrogens with zero attached hydrogens (tertiary/aromatic N) is 1. The average molecular weight is 374 g/mol. The Morgan fingerprint density at radius 2 is 1.35 bits per heavy atom. The number of amides is 2. The van der Waals surface area contributed by atoms with Crippen molar-refractivity contribution in [3.8, 4) is 0 Å². The number of hydrogen-bond acceptors (Lipinski definition) is 7. The van der Waals surface area contributed by atoms with Crippen LogP contribution in [0, 0.1) is 0 Å². The van der Waals surface area contributed by atoms with Gasteiger partial charge in [-0.2, -0.15) is 5.01 Å². The number of esters is 1. The molecular formula is C17H30N2O7. The van der Waals surface area contributed by atoms with Crippen molar-refractivity contribution in [2.75, 3.05) is 6.61 Å². The molecule has 0 radical (unpaired) electrons. The van der Waals surface area contributed by atoms with Crippen LogP contribution in [-0.2, 0) is 23.8 Å². The molecule has 26 heavy (non-hydrogen) atoms. The SMILES string of the molecule is CCOC(=O)[C@@](C)(C(C)=O)N(NC(=O)OC(C)(C)C)C(=O)OC(C)(C)C. The summed E-state index contributed by atoms with van der Waals surface area (Å²) in [7, 11) is 0. The highest BCUT2D eigenvalue weighted by Gasteiger charge is 2.51. The number of nitrogens with one attached hydrogen (secondary N) is 1. The highest BCUT2D eigenvalue weighted by atomic mass is 16.6. The highest BCUT2D eigenvalue weighted by Crippen LogP contribution is 2.21. The van der Waals surface area contributed by atoms with Crippen LogP contribution in [0.15, 0.2) is 0 Å². The Kier molecular flexibility index (Phi) is 7.63. The number of rotatable bonds is 4. The number of carbonyl (C=O) groups excluding carboxylic acids is 4. The van der Waals surface area contributed by atoms with Gasteiger partial charge in [-0.1, -0.05) is 0 Å². The first-order chi connectivity index (χ1) is 11.5. The maximum atomic E-state index is 12.6. The van der Waals surface area contributed by atoms with Crippen LogP contribution in [0.4, 0.5) is 9.59 Å². The topological polar surface area (TPSA) is 111 Å². The summed E-state index contributed by atoms with van der Waals surface area (Å²) in [5, 5.41) is 0.507. The molecule has 0 heterocycles. The Hall–Kier alpha value is -2.32. The molecule has 0 spiro atoms. The second-order valence-corrected chi connectivity index (χ2v) is 7.78. The summed E-state index contributed by atoms with van der Waals surface area (Å²) in [5.41, 5.74) is -1.79. The van der Waals surface area contributed by atoms with Crippen molar-refractivity contribution in [3.63, 3.8) is 0 Å². The highest BCUT2D eigenvalue weighted by molar-refractivity contribution is 6.09. The molecule has 1 atom stereocenters. The maximum absolute atomic E-state index is 12.6. The molecule has 0 saturated heterocycles. The molecule has 0 fully saturated rings. The smallest absolute Gasteiger partial charge is 0.430 e. The van der Waals surface area contributed by atoms with Gasteiger partial charge in [0.15, 0.2) is 5.78 Å². The van der Waals surface area contributed by atoms with E-state index in [1.807, 2.05) is 0 Å². The Bertz CT molecular complexity index is 560. The molecule has 1 N–H and O–H groups in total. The van der Waals surface area contributed by atoms with Crippen molar-refractivity contribution in [1.82, 2.24) is 10.4 Å². The Balaban J connectivity index is 5.94. The number of ketones is 1. The number of hydrogen-bond donors (Lipinski definition) is 1. The van der Waals surface area contributed by atoms with Crippen LogP contribution in [-0.4, -0.2) is 52.3 Å². The molecule has 0 rings (SSSR count). The molecule has 0 aromatic rings. The summed E-state index contributed by atoms with van der Waals surface area (Å²) in [6.07, 6.45) is -2.13. The monoisotopic (exact) mass is 374 g/mol. The van der Waals surface area contributed by atoms with Crippen LogP contribution in [0.3, 0.4) is 0 Å². The van der Waals surface area contributed by atoms with Gasteiger partial charge in [0, 0.05) is 0 Å². The lowest BCUT2D eigenvalue weighted by Crippen LogP contribution is -2.66. The van der Waals surface area contributed by atoms with Gasteiger partial charge in [0.2, 0.25) is 5.54 Å². The van der Waals surface area contributed by atoms with Gasteiger partial charge in [0.25, 0.3) is 0 Å². The lowest BCUT2D eigenvalue weighted by Gasteiger charge is -2.37. The van der Waals surface area contributed by atoms with Crippen molar-refractivity contribution in [3.05, 3.63) is 0 Å². The van der Waals surface area contributed by atoms with Crippen molar-refractivity contribution in [1.29, 1.82) is 0 Å². The molecule has 0 aromatic heterocycles. The third kappa shape index (κ3) is 6.89. The quantitative estimate of drug-likeness (QED) is 0.348. The molecule has 0 aliphatic rings. The maximum Gasteiger partial charge on any atom is 0.430 e. The van der Waals surface area contributed by atoms with Gasteiger partial charge in [-0.05, 0) is 62.3 Å². The summed E-state index contributed by atoms with van der Waals surface area (Å²) >= 11 is 0. The van der Waals surface area contributed by atoms with Crippen LogP contribution in [0.5, 0.6) is 0 Å². The molecule has 0 bridgehead atoms. The van der Waals surface area contributed by atoms with Crippen LogP contribution in [0.2, 0.25) is 0 Å². The number of ether oxygens (including phenoxy) is 3. The van der Waals surface area contributed by atoms with Crippen molar-refractivity contribution >= 4 is 23.9 Å². The van der Waals surface area contributed by atoms with E-state index >= 15 is 0 Å². The zero-order chi connectivity index (χ0) is 20.9. The van der Waals surface area contributed by atoms with Crippen molar-refractivity contribution in [2.24, 2.45) is 0 Å². The van der Waals surface area contributed by atoms with E-state index in [1.165, 1.54) is 0 Å². The molecule has 2 amide bonds. The van der Waals surface area contributed by atoms with E-state index in [2.05, 4.69) is 5.43 Å². The first kappa shape index (κ1) is 23.7. The molecule has 0 aromatic carbocycles. The second-order valence-electron chi connectivity index (χ2n) is 7.78. The molecular weight excluding hydrogens is 344 g/mol. The van der Waals surface area contributed by atoms with Crippen molar-refractivity contribution in [2.45, 2.75) is 79.1 Å². The minimum absolute atomic E-state index is 0.0176. The number of carbonyl (C=O) groups is 4. The van der Waals surface area contributed by atoms with E-state index in [-0.39, 0.29) is 6.61 Å². The Morgan fingerprint density at radius 1 is 0.885 bits per heavy atom. The van der Waals surface area contributed by atoms with Gasteiger partial charge < -0.3 is 14.2 Å². The average Bonchev–Trinajstić information content (AvgIpc) is 2.39. The first-order valence-electron chi connectivity index (χ1n) is 8.25. The Labute approximate surface area is 154 Å². The Morgan fingerprint density at radius 3 is 1.69 bits per heavy atom. The van der Waals surface area contributed by atoms with Crippen LogP contribution < -0.4 is 5.43 Å². The van der Waals surface area contributed by atoms with E-state index < -0.39 is 40.7 Å². The number of hydrazine groups is 1. The summed E-state index contributed by atoms with van der Waals surface area (Å²) < 4.78 is 15.2. The normalized spacial score (nSPS) is 13.9. The fraction of sp³-hybridized carbons (Fsp3) is 0.765. The van der Waals surface area contributed by atoms with Gasteiger partial charge in [-0.3, -0.25) is 4.79 Å². The third-order valence-corrected chi connectivity index (χ3v) is 2.98. The molecule has 0 aliphatic carbocycles. The summed E-state index contributed by atoms with van der Waals surface area (Å²) in [4.78, 5) is 49.4. The van der Waals surface area contributed by atoms with Gasteiger partial charge in [-0.15, -0.1) is 0 Å². The molecule has 0 saturated carbocycles. The second kappa shape index (κ2) is 8.37. The lowest BCUT2D eigenvalue weighted by atomic mass is 9.97. The van der Waals surface area contributed by atoms with Crippen LogP contribution >= 0.6 is 0 Å². The van der Waals surface area contributed by atoms with Gasteiger partial charge in [-0.25, -0.2) is 19.8 Å². The third-order valence-electron chi connectivity index (χ3n) is 2.98. The van der Waals surface area contributed by atoms with E-state index in [9.17, 15) is 19.2 Å². The molecule has 9 heteroatoms. The standard InChI is InChI=1S/C17H30N2O7/c1-10-24-12(21)17(9,11(2)20)19(14(23)26-16(6,7)8)18-13(22)25-15(3,4)5/h10H2,1-9H3,(H,18,22)/t17-/m1/s1. The summed E-state index contributed by atoms with van der Waals surface area (Å²) in [6.45, 7) is 13.5. The zero-order valence-corrected chi connectivity index (χ0v) is 17.0. The van der Waals surface area contributed by atoms with Gasteiger partial charge >= 0.3 is 18.2 Å². The van der Waals surface area contributed by atoms with Gasteiger partial charge in [0.05, 0.1) is 6.61 Å². The minimum Gasteiger partial charge on any atom is -0.464 e. The van der Waals surface area contributed by atoms with Crippen molar-refractivity contribution < 1.29 is 33.4 Å². The molecule has 0 aliphatic heterocycles. The molecule has 9 nitrogen and oxygen atoms in total. The van der Waals surface area contributed by atoms with Gasteiger partial charge in [0.1, 0.15) is 11.2 Å². The summed E-state index contributed by atoms with van der Waals surface area (Å²) in [5.74, 6) is -1.73. The fourth-order valence-electron chi connectivity index (χ4n) is 1.70.